The van der Waals surface area contributed by atoms with E-state index >= 15 is 0 Å². The number of hydrogen-bond acceptors (Lipinski definition) is 3. The fraction of sp³-hybridized carbons (Fsp3) is 0.333. The third-order valence-corrected chi connectivity index (χ3v) is 2.89. The standard InChI is InChI=1S/C12H15NO3S.Li.H/c1-17-8-7-10(12(15)16)13-11(14)9-5-3-2-4-6-9;;/h2-6,10H,7-8H2,1H3,(H,13,14)(H,15,16);;/q;+1;-1. The molecule has 1 rings (SSSR count). The maximum absolute atomic E-state index is 11.7. The fourth-order valence-electron chi connectivity index (χ4n) is 1.32. The summed E-state index contributed by atoms with van der Waals surface area (Å²) in [4.78, 5) is 22.7. The van der Waals surface area contributed by atoms with Crippen molar-refractivity contribution < 1.29 is 35.0 Å². The number of amides is 1. The molecule has 18 heavy (non-hydrogen) atoms. The predicted molar refractivity (Wildman–Crippen MR) is 69.4 cm³/mol. The van der Waals surface area contributed by atoms with Gasteiger partial charge >= 0.3 is 24.8 Å². The second-order valence-electron chi connectivity index (χ2n) is 3.51. The van der Waals surface area contributed by atoms with Crippen molar-refractivity contribution in [2.45, 2.75) is 12.5 Å². The molecule has 0 aromatic heterocycles. The number of thioether (sulfide) groups is 1. The molecular weight excluding hydrogens is 245 g/mol. The Morgan fingerprint density at radius 3 is 2.50 bits per heavy atom. The van der Waals surface area contributed by atoms with Gasteiger partial charge < -0.3 is 11.8 Å². The first-order chi connectivity index (χ1) is 8.15. The molecule has 1 unspecified atom stereocenters. The van der Waals surface area contributed by atoms with Crippen molar-refractivity contribution in [2.24, 2.45) is 0 Å². The smallest absolute Gasteiger partial charge is 1.00 e. The van der Waals surface area contributed by atoms with Crippen LogP contribution in [0.5, 0.6) is 0 Å². The number of nitrogens with one attached hydrogen (secondary N) is 1. The van der Waals surface area contributed by atoms with Crippen LogP contribution in [0, 0.1) is 0 Å². The van der Waals surface area contributed by atoms with Crippen LogP contribution in [0.4, 0.5) is 0 Å². The van der Waals surface area contributed by atoms with Gasteiger partial charge in [0.2, 0.25) is 0 Å². The number of hydrogen-bond donors (Lipinski definition) is 2. The van der Waals surface area contributed by atoms with Crippen LogP contribution in [0.1, 0.15) is 18.2 Å². The molecule has 0 heterocycles. The molecular formula is C12H16LiNO3S. The third-order valence-electron chi connectivity index (χ3n) is 2.25. The number of rotatable bonds is 6. The van der Waals surface area contributed by atoms with Gasteiger partial charge in [0.05, 0.1) is 0 Å². The normalized spacial score (nSPS) is 11.2. The molecule has 2 N–H and O–H groups in total. The maximum atomic E-state index is 11.7. The minimum absolute atomic E-state index is 0. The molecule has 0 aliphatic carbocycles. The molecule has 1 atom stereocenters. The maximum Gasteiger partial charge on any atom is 1.00 e. The molecule has 0 bridgehead atoms. The van der Waals surface area contributed by atoms with Gasteiger partial charge in [0.1, 0.15) is 6.04 Å². The molecule has 6 heteroatoms. The molecule has 0 fully saturated rings. The van der Waals surface area contributed by atoms with E-state index in [2.05, 4.69) is 5.32 Å². The van der Waals surface area contributed by atoms with E-state index in [0.29, 0.717) is 17.7 Å². The van der Waals surface area contributed by atoms with Crippen molar-refractivity contribution in [3.63, 3.8) is 0 Å². The summed E-state index contributed by atoms with van der Waals surface area (Å²) >= 11 is 1.56. The predicted octanol–water partition coefficient (Wildman–Crippen LogP) is -1.26. The van der Waals surface area contributed by atoms with E-state index in [1.165, 1.54) is 0 Å². The fourth-order valence-corrected chi connectivity index (χ4v) is 1.80. The number of carboxylic acids is 1. The summed E-state index contributed by atoms with van der Waals surface area (Å²) in [7, 11) is 0. The van der Waals surface area contributed by atoms with Gasteiger partial charge in [-0.15, -0.1) is 0 Å². The molecule has 1 amide bonds. The summed E-state index contributed by atoms with van der Waals surface area (Å²) in [6.07, 6.45) is 2.33. The number of carbonyl (C=O) groups is 2. The van der Waals surface area contributed by atoms with Gasteiger partial charge in [-0.3, -0.25) is 4.79 Å². The van der Waals surface area contributed by atoms with Crippen LogP contribution in [-0.4, -0.2) is 35.0 Å². The SMILES string of the molecule is CSCCC(NC(=O)c1ccccc1)C(=O)O.[H-].[Li+]. The van der Waals surface area contributed by atoms with Crippen LogP contribution in [0.3, 0.4) is 0 Å². The van der Waals surface area contributed by atoms with Gasteiger partial charge in [-0.1, -0.05) is 18.2 Å². The topological polar surface area (TPSA) is 66.4 Å². The van der Waals surface area contributed by atoms with Gasteiger partial charge in [0.25, 0.3) is 5.91 Å². The molecule has 0 aliphatic heterocycles. The van der Waals surface area contributed by atoms with Crippen LogP contribution in [-0.2, 0) is 4.79 Å². The Hall–Kier alpha value is -0.893. The van der Waals surface area contributed by atoms with Gasteiger partial charge in [-0.25, -0.2) is 4.79 Å². The van der Waals surface area contributed by atoms with E-state index in [1.807, 2.05) is 6.26 Å². The Balaban J connectivity index is 0. The molecule has 94 valence electrons. The minimum atomic E-state index is -0.997. The van der Waals surface area contributed by atoms with E-state index in [0.717, 1.165) is 0 Å². The zero-order valence-electron chi connectivity index (χ0n) is 11.6. The van der Waals surface area contributed by atoms with Gasteiger partial charge in [-0.05, 0) is 30.6 Å². The first-order valence-corrected chi connectivity index (χ1v) is 6.62. The number of carboxylic acid groups (broad SMARTS) is 1. The summed E-state index contributed by atoms with van der Waals surface area (Å²) in [5, 5.41) is 11.5. The quantitative estimate of drug-likeness (QED) is 0.627. The molecule has 4 nitrogen and oxygen atoms in total. The number of aliphatic carboxylic acids is 1. The van der Waals surface area contributed by atoms with Crippen molar-refractivity contribution in [3.05, 3.63) is 35.9 Å². The van der Waals surface area contributed by atoms with Crippen LogP contribution < -0.4 is 24.2 Å². The number of carbonyl (C=O) groups excluding carboxylic acids is 1. The Morgan fingerprint density at radius 2 is 2.00 bits per heavy atom. The Bertz CT molecular complexity index is 392. The Labute approximate surface area is 124 Å². The summed E-state index contributed by atoms with van der Waals surface area (Å²) < 4.78 is 0. The van der Waals surface area contributed by atoms with Gasteiger partial charge in [-0.2, -0.15) is 11.8 Å². The minimum Gasteiger partial charge on any atom is -1.00 e. The average Bonchev–Trinajstić information content (AvgIpc) is 2.35. The molecule has 0 radical (unpaired) electrons. The van der Waals surface area contributed by atoms with Gasteiger partial charge in [0.15, 0.2) is 0 Å². The van der Waals surface area contributed by atoms with E-state index in [4.69, 9.17) is 5.11 Å². The Kier molecular flexibility index (Phi) is 8.64. The van der Waals surface area contributed by atoms with E-state index in [1.54, 1.807) is 42.1 Å². The van der Waals surface area contributed by atoms with Gasteiger partial charge in [0, 0.05) is 5.56 Å². The largest absolute Gasteiger partial charge is 1.00 e. The van der Waals surface area contributed by atoms with Crippen LogP contribution in [0.15, 0.2) is 30.3 Å². The molecule has 0 saturated carbocycles. The monoisotopic (exact) mass is 261 g/mol. The molecule has 1 aromatic rings. The molecule has 0 aliphatic rings. The van der Waals surface area contributed by atoms with Crippen molar-refractivity contribution in [1.29, 1.82) is 0 Å². The average molecular weight is 261 g/mol. The summed E-state index contributed by atoms with van der Waals surface area (Å²) in [5.41, 5.74) is 0.475. The molecule has 0 spiro atoms. The zero-order chi connectivity index (χ0) is 12.7. The van der Waals surface area contributed by atoms with Crippen molar-refractivity contribution in [2.75, 3.05) is 12.0 Å². The zero-order valence-corrected chi connectivity index (χ0v) is 11.4. The van der Waals surface area contributed by atoms with Crippen LogP contribution >= 0.6 is 11.8 Å². The van der Waals surface area contributed by atoms with Crippen molar-refractivity contribution >= 4 is 23.6 Å². The second kappa shape index (κ2) is 9.09. The summed E-state index contributed by atoms with van der Waals surface area (Å²) in [5.74, 6) is -0.645. The third kappa shape index (κ3) is 5.63. The summed E-state index contributed by atoms with van der Waals surface area (Å²) in [6.45, 7) is 0. The van der Waals surface area contributed by atoms with Crippen molar-refractivity contribution in [3.8, 4) is 0 Å². The van der Waals surface area contributed by atoms with E-state index in [9.17, 15) is 9.59 Å². The van der Waals surface area contributed by atoms with Crippen LogP contribution in [0.2, 0.25) is 0 Å². The molecule has 0 saturated heterocycles. The molecule has 1 aromatic carbocycles. The first kappa shape index (κ1) is 17.1. The van der Waals surface area contributed by atoms with Crippen LogP contribution in [0.25, 0.3) is 0 Å². The summed E-state index contributed by atoms with van der Waals surface area (Å²) in [6, 6.07) is 7.78. The van der Waals surface area contributed by atoms with E-state index < -0.39 is 12.0 Å². The van der Waals surface area contributed by atoms with E-state index in [-0.39, 0.29) is 26.2 Å². The second-order valence-corrected chi connectivity index (χ2v) is 4.50. The first-order valence-electron chi connectivity index (χ1n) is 5.23. The van der Waals surface area contributed by atoms with Crippen molar-refractivity contribution in [1.82, 2.24) is 5.32 Å². The Morgan fingerprint density at radius 1 is 1.39 bits per heavy atom. The number of benzene rings is 1.